The van der Waals surface area contributed by atoms with Gasteiger partial charge >= 0.3 is 0 Å². The number of rotatable bonds is 1. The number of hydrogen-bond donors (Lipinski definition) is 1. The molecule has 0 bridgehead atoms. The maximum Gasteiger partial charge on any atom is 0.0316 e. The molecular weight excluding hydrogens is 206 g/mol. The summed E-state index contributed by atoms with van der Waals surface area (Å²) in [5.41, 5.74) is 9.94. The van der Waals surface area contributed by atoms with E-state index in [0.29, 0.717) is 0 Å². The van der Waals surface area contributed by atoms with Gasteiger partial charge in [0.15, 0.2) is 0 Å². The smallest absolute Gasteiger partial charge is 0.0316 e. The standard InChI is InChI=1S/C16H23N/c1-11-2-4-12(5-3-11)15-8-6-13-10-14(17)7-9-16(13)15/h7,9-12,15H,2-6,8,17H2,1H3. The highest BCUT2D eigenvalue weighted by Crippen LogP contribution is 2.45. The lowest BCUT2D eigenvalue weighted by Gasteiger charge is -2.31. The summed E-state index contributed by atoms with van der Waals surface area (Å²) in [5, 5.41) is 0. The van der Waals surface area contributed by atoms with Crippen LogP contribution in [-0.4, -0.2) is 0 Å². The topological polar surface area (TPSA) is 26.0 Å². The largest absolute Gasteiger partial charge is 0.399 e. The van der Waals surface area contributed by atoms with E-state index in [1.165, 1.54) is 44.1 Å². The lowest BCUT2D eigenvalue weighted by Crippen LogP contribution is -2.18. The first-order valence-corrected chi connectivity index (χ1v) is 7.12. The molecule has 0 heterocycles. The van der Waals surface area contributed by atoms with Gasteiger partial charge in [0.1, 0.15) is 0 Å². The second-order valence-corrected chi connectivity index (χ2v) is 6.12. The monoisotopic (exact) mass is 229 g/mol. The average Bonchev–Trinajstić information content (AvgIpc) is 2.73. The molecule has 0 radical (unpaired) electrons. The van der Waals surface area contributed by atoms with Gasteiger partial charge in [-0.2, -0.15) is 0 Å². The van der Waals surface area contributed by atoms with E-state index in [4.69, 9.17) is 5.73 Å². The van der Waals surface area contributed by atoms with Gasteiger partial charge in [0, 0.05) is 5.69 Å². The summed E-state index contributed by atoms with van der Waals surface area (Å²) in [6, 6.07) is 6.57. The minimum Gasteiger partial charge on any atom is -0.399 e. The van der Waals surface area contributed by atoms with Crippen LogP contribution in [0.5, 0.6) is 0 Å². The Hall–Kier alpha value is -0.980. The van der Waals surface area contributed by atoms with Gasteiger partial charge in [-0.1, -0.05) is 25.8 Å². The highest BCUT2D eigenvalue weighted by molar-refractivity contribution is 5.48. The third kappa shape index (κ3) is 2.08. The van der Waals surface area contributed by atoms with Gasteiger partial charge in [0.25, 0.3) is 0 Å². The first-order chi connectivity index (χ1) is 8.24. The Balaban J connectivity index is 1.79. The summed E-state index contributed by atoms with van der Waals surface area (Å²) in [4.78, 5) is 0. The lowest BCUT2D eigenvalue weighted by molar-refractivity contribution is 0.253. The molecule has 1 aromatic rings. The summed E-state index contributed by atoms with van der Waals surface area (Å²) in [6.07, 6.45) is 8.36. The van der Waals surface area contributed by atoms with E-state index in [1.54, 1.807) is 5.56 Å². The normalized spacial score (nSPS) is 32.4. The van der Waals surface area contributed by atoms with Crippen molar-refractivity contribution in [1.29, 1.82) is 0 Å². The molecule has 0 spiro atoms. The van der Waals surface area contributed by atoms with Gasteiger partial charge in [0.2, 0.25) is 0 Å². The number of aryl methyl sites for hydroxylation is 1. The van der Waals surface area contributed by atoms with Gasteiger partial charge in [-0.3, -0.25) is 0 Å². The van der Waals surface area contributed by atoms with Crippen LogP contribution in [0.15, 0.2) is 18.2 Å². The van der Waals surface area contributed by atoms with Crippen molar-refractivity contribution in [1.82, 2.24) is 0 Å². The Bertz CT molecular complexity index is 402. The average molecular weight is 229 g/mol. The van der Waals surface area contributed by atoms with Gasteiger partial charge in [0.05, 0.1) is 0 Å². The third-order valence-electron chi connectivity index (χ3n) is 4.92. The van der Waals surface area contributed by atoms with E-state index in [1.807, 2.05) is 0 Å². The Labute approximate surface area is 104 Å². The van der Waals surface area contributed by atoms with Crippen LogP contribution in [0.25, 0.3) is 0 Å². The molecule has 17 heavy (non-hydrogen) atoms. The minimum absolute atomic E-state index is 0.832. The zero-order valence-corrected chi connectivity index (χ0v) is 10.8. The number of benzene rings is 1. The predicted octanol–water partition coefficient (Wildman–Crippen LogP) is 4.12. The molecule has 2 N–H and O–H groups in total. The van der Waals surface area contributed by atoms with E-state index < -0.39 is 0 Å². The molecule has 1 aromatic carbocycles. The predicted molar refractivity (Wildman–Crippen MR) is 73.0 cm³/mol. The van der Waals surface area contributed by atoms with Crippen molar-refractivity contribution in [3.8, 4) is 0 Å². The first-order valence-electron chi connectivity index (χ1n) is 7.12. The van der Waals surface area contributed by atoms with E-state index in [2.05, 4.69) is 25.1 Å². The second-order valence-electron chi connectivity index (χ2n) is 6.12. The second kappa shape index (κ2) is 4.36. The van der Waals surface area contributed by atoms with E-state index in [9.17, 15) is 0 Å². The summed E-state index contributed by atoms with van der Waals surface area (Å²) in [6.45, 7) is 2.40. The molecule has 1 unspecified atom stereocenters. The Morgan fingerprint density at radius 1 is 1.06 bits per heavy atom. The van der Waals surface area contributed by atoms with Gasteiger partial charge in [-0.05, 0) is 66.7 Å². The van der Waals surface area contributed by atoms with Crippen LogP contribution in [0.1, 0.15) is 56.1 Å². The van der Waals surface area contributed by atoms with E-state index >= 15 is 0 Å². The fraction of sp³-hybridized carbons (Fsp3) is 0.625. The lowest BCUT2D eigenvalue weighted by atomic mass is 9.74. The number of hydrogen-bond acceptors (Lipinski definition) is 1. The minimum atomic E-state index is 0.832. The zero-order chi connectivity index (χ0) is 11.8. The summed E-state index contributed by atoms with van der Waals surface area (Å²) in [7, 11) is 0. The molecule has 0 aliphatic heterocycles. The first kappa shape index (κ1) is 11.1. The molecule has 92 valence electrons. The molecule has 2 aliphatic rings. The molecule has 0 amide bonds. The summed E-state index contributed by atoms with van der Waals surface area (Å²) < 4.78 is 0. The van der Waals surface area contributed by atoms with Gasteiger partial charge in [-0.25, -0.2) is 0 Å². The van der Waals surface area contributed by atoms with E-state index in [0.717, 1.165) is 23.4 Å². The maximum absolute atomic E-state index is 5.87. The van der Waals surface area contributed by atoms with Crippen molar-refractivity contribution in [2.24, 2.45) is 11.8 Å². The van der Waals surface area contributed by atoms with Crippen LogP contribution in [0.3, 0.4) is 0 Å². The highest BCUT2D eigenvalue weighted by Gasteiger charge is 2.31. The number of nitrogen functional groups attached to an aromatic ring is 1. The van der Waals surface area contributed by atoms with Crippen LogP contribution in [0, 0.1) is 11.8 Å². The van der Waals surface area contributed by atoms with Crippen molar-refractivity contribution < 1.29 is 0 Å². The quantitative estimate of drug-likeness (QED) is 0.720. The summed E-state index contributed by atoms with van der Waals surface area (Å²) >= 11 is 0. The van der Waals surface area contributed by atoms with Crippen LogP contribution >= 0.6 is 0 Å². The molecule has 1 nitrogen and oxygen atoms in total. The maximum atomic E-state index is 5.87. The third-order valence-corrected chi connectivity index (χ3v) is 4.92. The highest BCUT2D eigenvalue weighted by atomic mass is 14.5. The van der Waals surface area contributed by atoms with Crippen molar-refractivity contribution in [3.63, 3.8) is 0 Å². The zero-order valence-electron chi connectivity index (χ0n) is 10.8. The molecule has 1 saturated carbocycles. The fourth-order valence-corrected chi connectivity index (χ4v) is 3.85. The van der Waals surface area contributed by atoms with Crippen LogP contribution in [-0.2, 0) is 6.42 Å². The van der Waals surface area contributed by atoms with Crippen LogP contribution < -0.4 is 5.73 Å². The van der Waals surface area contributed by atoms with Gasteiger partial charge < -0.3 is 5.73 Å². The molecule has 1 atom stereocenters. The number of anilines is 1. The molecule has 1 fully saturated rings. The van der Waals surface area contributed by atoms with Crippen molar-refractivity contribution in [2.45, 2.75) is 51.4 Å². The Kier molecular flexibility index (Phi) is 2.85. The van der Waals surface area contributed by atoms with Gasteiger partial charge in [-0.15, -0.1) is 0 Å². The van der Waals surface area contributed by atoms with Crippen molar-refractivity contribution in [3.05, 3.63) is 29.3 Å². The molecule has 2 aliphatic carbocycles. The number of fused-ring (bicyclic) bond motifs is 1. The Morgan fingerprint density at radius 2 is 1.82 bits per heavy atom. The molecule has 3 rings (SSSR count). The molecular formula is C16H23N. The van der Waals surface area contributed by atoms with E-state index in [-0.39, 0.29) is 0 Å². The van der Waals surface area contributed by atoms with Crippen molar-refractivity contribution >= 4 is 5.69 Å². The number of nitrogens with two attached hydrogens (primary N) is 1. The SMILES string of the molecule is CC1CCC(C2CCc3cc(N)ccc32)CC1. The molecule has 0 saturated heterocycles. The van der Waals surface area contributed by atoms with Crippen LogP contribution in [0.4, 0.5) is 5.69 Å². The molecule has 1 heteroatoms. The fourth-order valence-electron chi connectivity index (χ4n) is 3.85. The summed E-state index contributed by atoms with van der Waals surface area (Å²) in [5.74, 6) is 2.73. The van der Waals surface area contributed by atoms with Crippen LogP contribution in [0.2, 0.25) is 0 Å². The Morgan fingerprint density at radius 3 is 2.59 bits per heavy atom. The molecule has 0 aromatic heterocycles. The van der Waals surface area contributed by atoms with Crippen molar-refractivity contribution in [2.75, 3.05) is 5.73 Å².